The first-order chi connectivity index (χ1) is 50.8. The maximum absolute atomic E-state index is 15.7. The van der Waals surface area contributed by atoms with Crippen LogP contribution in [0.4, 0.5) is 30.3 Å². The van der Waals surface area contributed by atoms with Gasteiger partial charge >= 0.3 is 24.2 Å². The molecule has 33 nitrogen and oxygen atoms in total. The maximum Gasteiger partial charge on any atom is 0.411 e. The highest BCUT2D eigenvalue weighted by molar-refractivity contribution is 6.13. The lowest BCUT2D eigenvalue weighted by Crippen LogP contribution is -2.54. The molecule has 6 heterocycles. The summed E-state index contributed by atoms with van der Waals surface area (Å²) in [6.45, 7) is 8.08. The van der Waals surface area contributed by atoms with Gasteiger partial charge in [0.05, 0.1) is 87.9 Å². The number of imide groups is 1. The molecule has 0 bridgehead atoms. The number of cyclic esters (lactones) is 1. The summed E-state index contributed by atoms with van der Waals surface area (Å²) in [6.07, 6.45) is 1.44. The second-order valence-electron chi connectivity index (χ2n) is 26.0. The van der Waals surface area contributed by atoms with E-state index in [0.29, 0.717) is 57.4 Å². The van der Waals surface area contributed by atoms with E-state index in [1.165, 1.54) is 35.7 Å². The monoisotopic (exact) mass is 1470 g/mol. The summed E-state index contributed by atoms with van der Waals surface area (Å²) in [7, 11) is 2.85. The van der Waals surface area contributed by atoms with Gasteiger partial charge in [0, 0.05) is 100 Å². The molecule has 34 heteroatoms. The summed E-state index contributed by atoms with van der Waals surface area (Å²) in [6, 6.07) is 10.4. The number of primary amides is 1. The maximum atomic E-state index is 15.7. The van der Waals surface area contributed by atoms with Crippen molar-refractivity contribution >= 4 is 87.9 Å². The molecule has 3 aromatic heterocycles. The molecule has 4 aliphatic rings. The van der Waals surface area contributed by atoms with E-state index in [9.17, 15) is 57.5 Å². The molecule has 0 unspecified atom stereocenters. The molecule has 0 saturated heterocycles. The van der Waals surface area contributed by atoms with Crippen LogP contribution >= 0.6 is 0 Å². The van der Waals surface area contributed by atoms with Crippen LogP contribution in [0.25, 0.3) is 22.3 Å². The van der Waals surface area contributed by atoms with Gasteiger partial charge in [0.1, 0.15) is 42.6 Å². The summed E-state index contributed by atoms with van der Waals surface area (Å²) in [5, 5.41) is 17.1. The first kappa shape index (κ1) is 79.2. The van der Waals surface area contributed by atoms with Gasteiger partial charge in [-0.2, -0.15) is 0 Å². The first-order valence-electron chi connectivity index (χ1n) is 34.9. The normalized spacial score (nSPS) is 15.9. The Morgan fingerprint density at radius 3 is 2.10 bits per heavy atom. The van der Waals surface area contributed by atoms with Gasteiger partial charge in [-0.15, -0.1) is 0 Å². The number of fused-ring (bicyclic) bond motifs is 5. The number of anilines is 2. The van der Waals surface area contributed by atoms with E-state index in [4.69, 9.17) is 49.6 Å². The Kier molecular flexibility index (Phi) is 27.4. The Hall–Kier alpha value is -11.0. The number of likely N-dealkylation sites (N-methyl/N-ethyl adjacent to an activating group) is 2. The Labute approximate surface area is 609 Å². The standard InChI is InChI=1S/C72H89FN14O19/c1-7-72(48-36-54-63-46(38-87(54)67(95)47(48)40-104-68(72)96)61-50(81-65(93)51-10-8-12-55(74)79-51)18-17-45-42(4)49(73)37-53(80-63)60(45)61)106-71(99)85(6)27-26-84(5)70(98)105-39-43-13-15-44(16-14-43)78-64(92)52(11-9-23-77-69(75)97)82-66(94)62(41(2)3)83-57(89)22-28-100-30-32-102-34-35-103-33-31-101-29-24-76-56(88)21-25-86-58(90)19-20-59(86)91/h8,10,12-16,19-20,36-37,41,50,52,62H,7,9,11,17-18,21-35,38-40H2,1-6H3,(H2,74,79)(H,76,88)(H,78,92)(H,81,93)(H,82,94)(H,83,89)(H3,75,77,97)/t50-,52+,62+,72-/m1/s1. The fraction of sp³-hybridized carbons (Fsp3) is 0.472. The zero-order valence-electron chi connectivity index (χ0n) is 59.9. The number of ether oxygens (including phenoxy) is 7. The number of esters is 1. The van der Waals surface area contributed by atoms with E-state index in [1.54, 1.807) is 70.2 Å². The largest absolute Gasteiger partial charge is 0.457 e. The second-order valence-corrected chi connectivity index (χ2v) is 26.0. The molecule has 0 saturated carbocycles. The molecule has 0 fully saturated rings. The van der Waals surface area contributed by atoms with Crippen molar-refractivity contribution < 1.29 is 90.3 Å². The number of urea groups is 1. The van der Waals surface area contributed by atoms with Gasteiger partial charge < -0.3 is 90.9 Å². The van der Waals surface area contributed by atoms with Gasteiger partial charge in [-0.3, -0.25) is 43.3 Å². The third-order valence-electron chi connectivity index (χ3n) is 18.4. The predicted octanol–water partition coefficient (Wildman–Crippen LogP) is 3.17. The highest BCUT2D eigenvalue weighted by Crippen LogP contribution is 2.47. The quantitative estimate of drug-likeness (QED) is 0.0120. The number of nitrogens with one attached hydrogen (secondary N) is 6. The van der Waals surface area contributed by atoms with Crippen LogP contribution in [0.5, 0.6) is 0 Å². The summed E-state index contributed by atoms with van der Waals surface area (Å²) in [5.41, 5.74) is 12.9. The number of amides is 11. The van der Waals surface area contributed by atoms with Crippen molar-refractivity contribution in [2.45, 2.75) is 116 Å². The lowest BCUT2D eigenvalue weighted by molar-refractivity contribution is -0.173. The van der Waals surface area contributed by atoms with Gasteiger partial charge in [0.2, 0.25) is 29.2 Å². The average Bonchev–Trinajstić information content (AvgIpc) is 1.50. The van der Waals surface area contributed by atoms with E-state index in [0.717, 1.165) is 27.5 Å². The minimum Gasteiger partial charge on any atom is -0.457 e. The van der Waals surface area contributed by atoms with Crippen LogP contribution in [0, 0.1) is 18.7 Å². The molecule has 3 aliphatic heterocycles. The molecule has 9 rings (SSSR count). The number of hydrogen-bond donors (Lipinski definition) is 8. The highest BCUT2D eigenvalue weighted by Gasteiger charge is 2.51. The second kappa shape index (κ2) is 36.6. The zero-order chi connectivity index (χ0) is 76.4. The summed E-state index contributed by atoms with van der Waals surface area (Å²) < 4.78 is 56.4. The zero-order valence-corrected chi connectivity index (χ0v) is 59.9. The van der Waals surface area contributed by atoms with Crippen LogP contribution < -0.4 is 48.9 Å². The highest BCUT2D eigenvalue weighted by atomic mass is 19.1. The van der Waals surface area contributed by atoms with Gasteiger partial charge in [0.15, 0.2) is 0 Å². The smallest absolute Gasteiger partial charge is 0.411 e. The van der Waals surface area contributed by atoms with E-state index >= 15 is 4.39 Å². The number of rotatable bonds is 37. The molecule has 0 radical (unpaired) electrons. The number of carbonyl (C=O) groups excluding carboxylic acids is 11. The molecular weight excluding hydrogens is 1380 g/mol. The Morgan fingerprint density at radius 1 is 0.774 bits per heavy atom. The number of pyridine rings is 3. The topological polar surface area (TPSA) is 434 Å². The van der Waals surface area contributed by atoms with Crippen LogP contribution in [0.3, 0.4) is 0 Å². The van der Waals surface area contributed by atoms with E-state index in [1.807, 2.05) is 0 Å². The molecule has 5 aromatic rings. The van der Waals surface area contributed by atoms with Crippen molar-refractivity contribution in [3.8, 4) is 11.4 Å². The molecule has 0 spiro atoms. The SMILES string of the molecule is CC[C@]1(OC(=O)N(C)CCN(C)C(=O)OCc2ccc(NC(=O)[C@H](CCCNC(N)=O)NC(=O)[C@@H](NC(=O)CCOCCOCCOCCOCCNC(=O)CCN3C(=O)C=CC3=O)C(C)C)cc2)C(=O)OCc2c1cc1n(c2=O)Cc2c-1nc1cc(F)c(C)c3c1c2[C@H](NC(=O)c1cccc(N)n1)CC3. The molecule has 106 heavy (non-hydrogen) atoms. The van der Waals surface area contributed by atoms with Gasteiger partial charge in [0.25, 0.3) is 23.3 Å². The van der Waals surface area contributed by atoms with Crippen molar-refractivity contribution in [2.24, 2.45) is 11.7 Å². The van der Waals surface area contributed by atoms with Crippen LogP contribution in [0.15, 0.2) is 71.5 Å². The minimum absolute atomic E-state index is 0.00158. The van der Waals surface area contributed by atoms with Crippen LogP contribution in [-0.2, 0) is 98.5 Å². The van der Waals surface area contributed by atoms with Gasteiger partial charge in [-0.1, -0.05) is 39.0 Å². The Morgan fingerprint density at radius 2 is 1.44 bits per heavy atom. The minimum atomic E-state index is -2.11. The lowest BCUT2D eigenvalue weighted by atomic mass is 9.81. The third kappa shape index (κ3) is 19.7. The molecule has 568 valence electrons. The fourth-order valence-electron chi connectivity index (χ4n) is 12.5. The Balaban J connectivity index is 0.709. The third-order valence-corrected chi connectivity index (χ3v) is 18.4. The average molecular weight is 1470 g/mol. The van der Waals surface area contributed by atoms with Gasteiger partial charge in [-0.05, 0) is 97.5 Å². The van der Waals surface area contributed by atoms with Crippen molar-refractivity contribution in [1.29, 1.82) is 0 Å². The molecule has 10 N–H and O–H groups in total. The van der Waals surface area contributed by atoms with Crippen molar-refractivity contribution in [3.05, 3.63) is 128 Å². The number of nitrogens with zero attached hydrogens (tertiary/aromatic N) is 6. The first-order valence-corrected chi connectivity index (χ1v) is 34.9. The number of nitrogens with two attached hydrogens (primary N) is 2. The summed E-state index contributed by atoms with van der Waals surface area (Å²) >= 11 is 0. The summed E-state index contributed by atoms with van der Waals surface area (Å²) in [4.78, 5) is 170. The predicted molar refractivity (Wildman–Crippen MR) is 378 cm³/mol. The Bertz CT molecular complexity index is 4230. The van der Waals surface area contributed by atoms with Crippen molar-refractivity contribution in [2.75, 3.05) is 111 Å². The number of benzene rings is 2. The lowest BCUT2D eigenvalue weighted by Gasteiger charge is -2.36. The number of hydrogen-bond acceptors (Lipinski definition) is 22. The number of halogens is 1. The van der Waals surface area contributed by atoms with E-state index in [-0.39, 0.29) is 165 Å². The number of aryl methyl sites for hydroxylation is 1. The fourth-order valence-corrected chi connectivity index (χ4v) is 12.5. The molecular formula is C72H89FN14O19. The molecule has 1 aliphatic carbocycles. The van der Waals surface area contributed by atoms with Crippen LogP contribution in [0.2, 0.25) is 0 Å². The van der Waals surface area contributed by atoms with E-state index in [2.05, 4.69) is 36.9 Å². The van der Waals surface area contributed by atoms with Crippen LogP contribution in [-0.4, -0.2) is 207 Å². The number of aromatic nitrogens is 3. The van der Waals surface area contributed by atoms with Gasteiger partial charge in [-0.25, -0.2) is 33.5 Å². The van der Waals surface area contributed by atoms with Crippen molar-refractivity contribution in [1.82, 2.24) is 55.8 Å². The number of carbonyl (C=O) groups is 11. The van der Waals surface area contributed by atoms with E-state index < -0.39 is 107 Å². The summed E-state index contributed by atoms with van der Waals surface area (Å²) in [5.74, 6) is -5.05. The van der Waals surface area contributed by atoms with Crippen molar-refractivity contribution in [3.63, 3.8) is 0 Å². The molecule has 11 amide bonds. The molecule has 4 atom stereocenters. The van der Waals surface area contributed by atoms with Crippen LogP contribution in [0.1, 0.15) is 115 Å². The number of nitrogen functional groups attached to an aromatic ring is 1. The molecule has 2 aromatic carbocycles.